The molecule has 1 saturated carbocycles. The van der Waals surface area contributed by atoms with E-state index in [0.717, 1.165) is 0 Å². The maximum absolute atomic E-state index is 16.2. The summed E-state index contributed by atoms with van der Waals surface area (Å²) in [6, 6.07) is 4.63. The molecule has 4 aromatic rings. The van der Waals surface area contributed by atoms with Crippen molar-refractivity contribution in [3.63, 3.8) is 0 Å². The topological polar surface area (TPSA) is 146 Å². The number of nitrogens with one attached hydrogen (secondary N) is 2. The minimum absolute atomic E-state index is 0.137. The van der Waals surface area contributed by atoms with E-state index in [1.165, 1.54) is 65.4 Å². The molecule has 1 aliphatic rings. The van der Waals surface area contributed by atoms with Crippen LogP contribution in [0.2, 0.25) is 0 Å². The van der Waals surface area contributed by atoms with Crippen LogP contribution in [0.5, 0.6) is 0 Å². The van der Waals surface area contributed by atoms with E-state index in [2.05, 4.69) is 30.8 Å². The third kappa shape index (κ3) is 5.39. The first-order valence-corrected chi connectivity index (χ1v) is 12.0. The first-order chi connectivity index (χ1) is 18.6. The standard InChI is InChI=1S/C25H24F3N9O2/c1-24(39,14-32-17-11-33-36(13-17)18-6-25(27,28)7-18)22(26)21(35-23(38)16-3-2-4-30-10-16)19-12-31-20-5-15(8-29)9-34-37(19)20/h2-5,9-13,18,21-22,32,39H,6-7,14H2,1H3,(H,35,38)/t21-,22-,24-/m1/s1. The summed E-state index contributed by atoms with van der Waals surface area (Å²) < 4.78 is 45.3. The Morgan fingerprint density at radius 3 is 2.79 bits per heavy atom. The molecule has 1 aliphatic carbocycles. The zero-order valence-electron chi connectivity index (χ0n) is 20.7. The van der Waals surface area contributed by atoms with Gasteiger partial charge in [0.25, 0.3) is 11.8 Å². The number of nitrogens with zero attached hydrogens (tertiary/aromatic N) is 7. The number of hydrogen-bond acceptors (Lipinski definition) is 8. The van der Waals surface area contributed by atoms with Gasteiger partial charge in [-0.15, -0.1) is 0 Å². The summed E-state index contributed by atoms with van der Waals surface area (Å²) in [5, 5.41) is 34.1. The first-order valence-electron chi connectivity index (χ1n) is 12.0. The fraction of sp³-hybridized carbons (Fsp3) is 0.360. The Morgan fingerprint density at radius 1 is 1.31 bits per heavy atom. The van der Waals surface area contributed by atoms with Gasteiger partial charge in [-0.1, -0.05) is 0 Å². The number of amides is 1. The lowest BCUT2D eigenvalue weighted by Gasteiger charge is -2.34. The van der Waals surface area contributed by atoms with Gasteiger partial charge in [0, 0.05) is 44.0 Å². The Balaban J connectivity index is 1.37. The molecule has 0 saturated heterocycles. The van der Waals surface area contributed by atoms with Crippen molar-refractivity contribution in [2.45, 2.75) is 49.5 Å². The van der Waals surface area contributed by atoms with E-state index in [1.807, 2.05) is 6.07 Å². The molecule has 0 radical (unpaired) electrons. The summed E-state index contributed by atoms with van der Waals surface area (Å²) in [5.41, 5.74) is -0.823. The zero-order chi connectivity index (χ0) is 27.8. The highest BCUT2D eigenvalue weighted by Crippen LogP contribution is 2.45. The number of rotatable bonds is 9. The average Bonchev–Trinajstić information content (AvgIpc) is 3.56. The lowest BCUT2D eigenvalue weighted by atomic mass is 9.88. The molecule has 3 N–H and O–H groups in total. The number of carbonyl (C=O) groups is 1. The fourth-order valence-corrected chi connectivity index (χ4v) is 4.37. The van der Waals surface area contributed by atoms with Crippen LogP contribution in [0, 0.1) is 11.3 Å². The second-order valence-corrected chi connectivity index (χ2v) is 9.74. The smallest absolute Gasteiger partial charge is 0.253 e. The normalized spacial score (nSPS) is 17.9. The molecule has 1 amide bonds. The fourth-order valence-electron chi connectivity index (χ4n) is 4.37. The van der Waals surface area contributed by atoms with Gasteiger partial charge in [-0.2, -0.15) is 15.5 Å². The van der Waals surface area contributed by atoms with E-state index in [9.17, 15) is 18.7 Å². The van der Waals surface area contributed by atoms with E-state index in [1.54, 1.807) is 6.07 Å². The summed E-state index contributed by atoms with van der Waals surface area (Å²) in [7, 11) is 0. The highest BCUT2D eigenvalue weighted by Gasteiger charge is 2.47. The molecule has 0 spiro atoms. The van der Waals surface area contributed by atoms with E-state index < -0.39 is 35.7 Å². The molecular formula is C25H24F3N9O2. The number of nitriles is 1. The van der Waals surface area contributed by atoms with E-state index in [-0.39, 0.29) is 41.9 Å². The van der Waals surface area contributed by atoms with Crippen molar-refractivity contribution in [1.29, 1.82) is 5.26 Å². The molecule has 14 heteroatoms. The van der Waals surface area contributed by atoms with Crippen LogP contribution in [0.4, 0.5) is 18.9 Å². The van der Waals surface area contributed by atoms with E-state index in [4.69, 9.17) is 5.26 Å². The van der Waals surface area contributed by atoms with Crippen LogP contribution in [-0.4, -0.2) is 64.6 Å². The number of aliphatic hydroxyl groups is 1. The van der Waals surface area contributed by atoms with Gasteiger partial charge in [-0.3, -0.25) is 14.5 Å². The van der Waals surface area contributed by atoms with E-state index in [0.29, 0.717) is 5.69 Å². The molecule has 0 aromatic carbocycles. The van der Waals surface area contributed by atoms with Gasteiger partial charge in [0.1, 0.15) is 17.7 Å². The Bertz CT molecular complexity index is 1520. The summed E-state index contributed by atoms with van der Waals surface area (Å²) in [6.07, 6.45) is 5.63. The second-order valence-electron chi connectivity index (χ2n) is 9.74. The third-order valence-electron chi connectivity index (χ3n) is 6.63. The van der Waals surface area contributed by atoms with Crippen molar-refractivity contribution >= 4 is 17.2 Å². The maximum atomic E-state index is 16.2. The molecule has 0 bridgehead atoms. The molecular weight excluding hydrogens is 515 g/mol. The number of imidazole rings is 1. The van der Waals surface area contributed by atoms with Crippen LogP contribution >= 0.6 is 0 Å². The van der Waals surface area contributed by atoms with Crippen molar-refractivity contribution in [1.82, 2.24) is 34.7 Å². The van der Waals surface area contributed by atoms with Crippen LogP contribution in [0.25, 0.3) is 5.65 Å². The van der Waals surface area contributed by atoms with Crippen molar-refractivity contribution in [3.05, 3.63) is 72.2 Å². The van der Waals surface area contributed by atoms with E-state index >= 15 is 4.39 Å². The molecule has 1 fully saturated rings. The molecule has 202 valence electrons. The highest BCUT2D eigenvalue weighted by molar-refractivity contribution is 5.94. The van der Waals surface area contributed by atoms with Gasteiger partial charge in [0.2, 0.25) is 0 Å². The number of halogens is 3. The predicted molar refractivity (Wildman–Crippen MR) is 132 cm³/mol. The van der Waals surface area contributed by atoms with Crippen molar-refractivity contribution in [2.75, 3.05) is 11.9 Å². The number of pyridine rings is 1. The predicted octanol–water partition coefficient (Wildman–Crippen LogP) is 2.83. The first kappa shape index (κ1) is 26.1. The summed E-state index contributed by atoms with van der Waals surface area (Å²) in [4.78, 5) is 21.1. The number of fused-ring (bicyclic) bond motifs is 1. The van der Waals surface area contributed by atoms with Gasteiger partial charge in [0.15, 0.2) is 11.8 Å². The van der Waals surface area contributed by atoms with Crippen LogP contribution in [-0.2, 0) is 0 Å². The minimum atomic E-state index is -2.70. The summed E-state index contributed by atoms with van der Waals surface area (Å²) >= 11 is 0. The number of anilines is 1. The summed E-state index contributed by atoms with van der Waals surface area (Å²) in [6.45, 7) is 0.956. The summed E-state index contributed by atoms with van der Waals surface area (Å²) in [5.74, 6) is -3.34. The molecule has 39 heavy (non-hydrogen) atoms. The van der Waals surface area contributed by atoms with Crippen LogP contribution < -0.4 is 10.6 Å². The molecule has 0 aliphatic heterocycles. The van der Waals surface area contributed by atoms with Crippen molar-refractivity contribution < 1.29 is 23.1 Å². The van der Waals surface area contributed by atoms with Gasteiger partial charge in [-0.25, -0.2) is 22.7 Å². The second kappa shape index (κ2) is 9.99. The number of carbonyl (C=O) groups excluding carboxylic acids is 1. The molecule has 11 nitrogen and oxygen atoms in total. The van der Waals surface area contributed by atoms with Gasteiger partial charge in [0.05, 0.1) is 47.1 Å². The number of alkyl halides is 3. The van der Waals surface area contributed by atoms with Crippen molar-refractivity contribution in [3.8, 4) is 6.07 Å². The lowest BCUT2D eigenvalue weighted by Crippen LogP contribution is -2.50. The number of aromatic nitrogens is 6. The monoisotopic (exact) mass is 539 g/mol. The largest absolute Gasteiger partial charge is 0.385 e. The van der Waals surface area contributed by atoms with Gasteiger partial charge < -0.3 is 15.7 Å². The van der Waals surface area contributed by atoms with Crippen LogP contribution in [0.15, 0.2) is 55.4 Å². The Hall–Kier alpha value is -4.51. The van der Waals surface area contributed by atoms with Gasteiger partial charge >= 0.3 is 0 Å². The van der Waals surface area contributed by atoms with Gasteiger partial charge in [-0.05, 0) is 19.1 Å². The third-order valence-corrected chi connectivity index (χ3v) is 6.63. The Labute approximate surface area is 220 Å². The Kier molecular flexibility index (Phi) is 6.69. The molecule has 4 aromatic heterocycles. The quantitative estimate of drug-likeness (QED) is 0.294. The van der Waals surface area contributed by atoms with Crippen molar-refractivity contribution in [2.24, 2.45) is 0 Å². The molecule has 0 unspecified atom stereocenters. The average molecular weight is 540 g/mol. The maximum Gasteiger partial charge on any atom is 0.253 e. The highest BCUT2D eigenvalue weighted by atomic mass is 19.3. The lowest BCUT2D eigenvalue weighted by molar-refractivity contribution is -0.106. The Morgan fingerprint density at radius 2 is 2.10 bits per heavy atom. The zero-order valence-corrected chi connectivity index (χ0v) is 20.7. The molecule has 5 rings (SSSR count). The SMILES string of the molecule is C[C@@](O)(CNc1cnn(C2CC(F)(F)C2)c1)[C@H](F)[C@H](NC(=O)c1cccnc1)c1cnc2cc(C#N)cnn12. The molecule has 4 heterocycles. The molecule has 3 atom stereocenters. The van der Waals surface area contributed by atoms with Crippen LogP contribution in [0.3, 0.4) is 0 Å². The minimum Gasteiger partial charge on any atom is -0.385 e. The van der Waals surface area contributed by atoms with Crippen LogP contribution in [0.1, 0.15) is 53.5 Å². The number of hydrogen-bond donors (Lipinski definition) is 3.